The zero-order valence-corrected chi connectivity index (χ0v) is 22.7. The summed E-state index contributed by atoms with van der Waals surface area (Å²) in [5.74, 6) is -7.47. The molecular weight excluding hydrogens is 641 g/mol. The van der Waals surface area contributed by atoms with Crippen molar-refractivity contribution in [2.45, 2.75) is 51.0 Å². The Morgan fingerprint density at radius 1 is 0.778 bits per heavy atom. The number of fused-ring (bicyclic) bond motifs is 1. The Kier molecular flexibility index (Phi) is 14.2. The summed E-state index contributed by atoms with van der Waals surface area (Å²) in [6.45, 7) is 3.87. The number of pyridine rings is 1. The molecule has 0 bridgehead atoms. The SMILES string of the molecule is O=C(NCC1CC1)C1CN(Cc2ccncc2)Cc2ccnn2C1.O=C(O)C(F)(F)F.O=C(O)C(F)(F)F.O=C(O)C(F)(F)F. The Morgan fingerprint density at radius 3 is 1.67 bits per heavy atom. The molecule has 2 aromatic heterocycles. The standard InChI is InChI=1S/C18H23N5O.3C2HF3O2/c24-18(20-9-14-1-2-14)16-11-22(10-15-3-6-19-7-4-15)13-17-5-8-21-23(17)12-16;3*3-2(4,5)1(6)7/h3-8,14,16H,1-2,9-13H2,(H,20,24);3*(H,6,7). The van der Waals surface area contributed by atoms with E-state index in [2.05, 4.69) is 20.3 Å². The normalized spacial score (nSPS) is 16.5. The highest BCUT2D eigenvalue weighted by Gasteiger charge is 2.39. The van der Waals surface area contributed by atoms with E-state index in [1.54, 1.807) is 0 Å². The van der Waals surface area contributed by atoms with Crippen LogP contribution in [0.15, 0.2) is 36.8 Å². The monoisotopic (exact) mass is 667 g/mol. The lowest BCUT2D eigenvalue weighted by molar-refractivity contribution is -0.193. The molecule has 2 aliphatic rings. The summed E-state index contributed by atoms with van der Waals surface area (Å²) >= 11 is 0. The smallest absolute Gasteiger partial charge is 0.475 e. The predicted molar refractivity (Wildman–Crippen MR) is 131 cm³/mol. The Bertz CT molecular complexity index is 1210. The van der Waals surface area contributed by atoms with Gasteiger partial charge in [0.25, 0.3) is 0 Å². The van der Waals surface area contributed by atoms with Gasteiger partial charge >= 0.3 is 36.4 Å². The minimum Gasteiger partial charge on any atom is -0.475 e. The minimum absolute atomic E-state index is 0.0632. The van der Waals surface area contributed by atoms with E-state index in [0.717, 1.165) is 26.2 Å². The van der Waals surface area contributed by atoms with Crippen molar-refractivity contribution in [2.75, 3.05) is 13.1 Å². The fraction of sp³-hybridized carbons (Fsp3) is 0.500. The van der Waals surface area contributed by atoms with Gasteiger partial charge < -0.3 is 20.6 Å². The van der Waals surface area contributed by atoms with Crippen LogP contribution in [0.1, 0.15) is 24.1 Å². The van der Waals surface area contributed by atoms with Gasteiger partial charge in [0.05, 0.1) is 18.2 Å². The number of hydrogen-bond donors (Lipinski definition) is 4. The zero-order valence-electron chi connectivity index (χ0n) is 22.7. The number of carboxylic acids is 3. The average molecular weight is 667 g/mol. The number of rotatable bonds is 5. The van der Waals surface area contributed by atoms with Gasteiger partial charge in [0.1, 0.15) is 0 Å². The first-order chi connectivity index (χ1) is 20.6. The van der Waals surface area contributed by atoms with Crippen molar-refractivity contribution in [1.82, 2.24) is 25.0 Å². The number of carboxylic acid groups (broad SMARTS) is 3. The van der Waals surface area contributed by atoms with Crippen LogP contribution in [0.25, 0.3) is 0 Å². The van der Waals surface area contributed by atoms with E-state index in [4.69, 9.17) is 29.7 Å². The average Bonchev–Trinajstić information content (AvgIpc) is 3.68. The third-order valence-corrected chi connectivity index (χ3v) is 5.58. The summed E-state index contributed by atoms with van der Waals surface area (Å²) < 4.78 is 97.2. The summed E-state index contributed by atoms with van der Waals surface area (Å²) in [4.78, 5) is 45.7. The maximum absolute atomic E-state index is 12.6. The second kappa shape index (κ2) is 16.6. The number of aromatic nitrogens is 3. The quantitative estimate of drug-likeness (QED) is 0.346. The molecule has 1 unspecified atom stereocenters. The maximum atomic E-state index is 12.6. The topological polar surface area (TPSA) is 175 Å². The summed E-state index contributed by atoms with van der Waals surface area (Å²) in [7, 11) is 0. The highest BCUT2D eigenvalue weighted by molar-refractivity contribution is 5.79. The molecule has 3 heterocycles. The van der Waals surface area contributed by atoms with Gasteiger partial charge in [-0.1, -0.05) is 0 Å². The molecular formula is C24H26F9N5O7. The molecule has 45 heavy (non-hydrogen) atoms. The number of aliphatic carboxylic acids is 3. The molecule has 4 N–H and O–H groups in total. The molecule has 1 amide bonds. The number of hydrogen-bond acceptors (Lipinski definition) is 7. The summed E-state index contributed by atoms with van der Waals surface area (Å²) in [5, 5.41) is 28.9. The molecule has 0 spiro atoms. The van der Waals surface area contributed by atoms with E-state index < -0.39 is 36.4 Å². The number of nitrogens with one attached hydrogen (secondary N) is 1. The van der Waals surface area contributed by atoms with E-state index in [1.165, 1.54) is 24.1 Å². The maximum Gasteiger partial charge on any atom is 0.490 e. The largest absolute Gasteiger partial charge is 0.490 e. The second-order valence-electron chi connectivity index (χ2n) is 9.32. The minimum atomic E-state index is -5.08. The van der Waals surface area contributed by atoms with Crippen LogP contribution >= 0.6 is 0 Å². The molecule has 252 valence electrons. The summed E-state index contributed by atoms with van der Waals surface area (Å²) in [5.41, 5.74) is 2.39. The van der Waals surface area contributed by atoms with E-state index >= 15 is 0 Å². The molecule has 1 fully saturated rings. The molecule has 1 atom stereocenters. The number of carbonyl (C=O) groups excluding carboxylic acids is 1. The number of nitrogens with zero attached hydrogens (tertiary/aromatic N) is 4. The Hall–Kier alpha value is -4.43. The predicted octanol–water partition coefficient (Wildman–Crippen LogP) is 3.34. The van der Waals surface area contributed by atoms with Gasteiger partial charge in [-0.25, -0.2) is 14.4 Å². The lowest BCUT2D eigenvalue weighted by Crippen LogP contribution is -2.39. The van der Waals surface area contributed by atoms with Gasteiger partial charge in [-0.15, -0.1) is 0 Å². The molecule has 0 aromatic carbocycles. The van der Waals surface area contributed by atoms with E-state index in [-0.39, 0.29) is 11.8 Å². The van der Waals surface area contributed by atoms with Crippen LogP contribution in [-0.2, 0) is 38.8 Å². The molecule has 2 aromatic rings. The molecule has 4 rings (SSSR count). The molecule has 1 aliphatic heterocycles. The summed E-state index contributed by atoms with van der Waals surface area (Å²) in [6.07, 6.45) is -7.29. The first-order valence-electron chi connectivity index (χ1n) is 12.4. The Balaban J connectivity index is 0.000000396. The van der Waals surface area contributed by atoms with Crippen LogP contribution in [-0.4, -0.2) is 90.4 Å². The van der Waals surface area contributed by atoms with E-state index in [9.17, 15) is 44.3 Å². The zero-order chi connectivity index (χ0) is 34.6. The molecule has 0 saturated heterocycles. The third-order valence-electron chi connectivity index (χ3n) is 5.58. The van der Waals surface area contributed by atoms with Gasteiger partial charge in [-0.05, 0) is 42.5 Å². The van der Waals surface area contributed by atoms with Crippen molar-refractivity contribution in [3.8, 4) is 0 Å². The number of alkyl halides is 9. The van der Waals surface area contributed by atoms with E-state index in [1.807, 2.05) is 41.5 Å². The van der Waals surface area contributed by atoms with Crippen LogP contribution in [0.5, 0.6) is 0 Å². The van der Waals surface area contributed by atoms with Crippen molar-refractivity contribution in [2.24, 2.45) is 11.8 Å². The van der Waals surface area contributed by atoms with Crippen molar-refractivity contribution < 1.29 is 74.0 Å². The van der Waals surface area contributed by atoms with Crippen molar-refractivity contribution in [1.29, 1.82) is 0 Å². The van der Waals surface area contributed by atoms with Crippen LogP contribution in [0.4, 0.5) is 39.5 Å². The number of amides is 1. The van der Waals surface area contributed by atoms with Crippen molar-refractivity contribution in [3.63, 3.8) is 0 Å². The van der Waals surface area contributed by atoms with Crippen molar-refractivity contribution in [3.05, 3.63) is 48.0 Å². The first-order valence-corrected chi connectivity index (χ1v) is 12.4. The molecule has 1 aliphatic carbocycles. The number of halogens is 9. The highest BCUT2D eigenvalue weighted by Crippen LogP contribution is 2.28. The van der Waals surface area contributed by atoms with Gasteiger partial charge in [0, 0.05) is 44.8 Å². The third kappa shape index (κ3) is 15.7. The highest BCUT2D eigenvalue weighted by atomic mass is 19.4. The summed E-state index contributed by atoms with van der Waals surface area (Å²) in [6, 6.07) is 6.11. The molecule has 21 heteroatoms. The van der Waals surface area contributed by atoms with Crippen LogP contribution in [0.3, 0.4) is 0 Å². The van der Waals surface area contributed by atoms with Crippen LogP contribution in [0, 0.1) is 11.8 Å². The first kappa shape index (κ1) is 38.6. The fourth-order valence-corrected chi connectivity index (χ4v) is 3.27. The van der Waals surface area contributed by atoms with Gasteiger partial charge in [0.15, 0.2) is 0 Å². The second-order valence-corrected chi connectivity index (χ2v) is 9.32. The van der Waals surface area contributed by atoms with E-state index in [0.29, 0.717) is 12.5 Å². The molecule has 12 nitrogen and oxygen atoms in total. The Labute approximate surface area is 247 Å². The van der Waals surface area contributed by atoms with Gasteiger partial charge in [-0.2, -0.15) is 44.6 Å². The van der Waals surface area contributed by atoms with Gasteiger partial charge in [-0.3, -0.25) is 19.4 Å². The number of carbonyl (C=O) groups is 4. The van der Waals surface area contributed by atoms with Gasteiger partial charge in [0.2, 0.25) is 5.91 Å². The van der Waals surface area contributed by atoms with Crippen LogP contribution in [0.2, 0.25) is 0 Å². The Morgan fingerprint density at radius 2 is 1.24 bits per heavy atom. The molecule has 0 radical (unpaired) electrons. The lowest BCUT2D eigenvalue weighted by atomic mass is 10.1. The van der Waals surface area contributed by atoms with Crippen molar-refractivity contribution >= 4 is 23.8 Å². The lowest BCUT2D eigenvalue weighted by Gasteiger charge is -2.23. The van der Waals surface area contributed by atoms with Crippen LogP contribution < -0.4 is 5.32 Å². The fourth-order valence-electron chi connectivity index (χ4n) is 3.27. The molecule has 1 saturated carbocycles.